The standard InChI is InChI=1S/C13H14N2S/c14-11-3-1-2-9(7-11)6-10-4-5-12(15)13(16)8-10/h1-5,7-8,16H,6,14-15H2. The topological polar surface area (TPSA) is 52.0 Å². The summed E-state index contributed by atoms with van der Waals surface area (Å²) in [5.41, 5.74) is 15.3. The van der Waals surface area contributed by atoms with Gasteiger partial charge in [-0.15, -0.1) is 12.6 Å². The Morgan fingerprint density at radius 2 is 1.69 bits per heavy atom. The van der Waals surface area contributed by atoms with Crippen LogP contribution in [0.2, 0.25) is 0 Å². The Labute approximate surface area is 101 Å². The number of hydrogen-bond donors (Lipinski definition) is 3. The summed E-state index contributed by atoms with van der Waals surface area (Å²) in [6.07, 6.45) is 0.846. The van der Waals surface area contributed by atoms with Crippen molar-refractivity contribution in [3.05, 3.63) is 53.6 Å². The Bertz CT molecular complexity index is 509. The predicted octanol–water partition coefficient (Wildman–Crippen LogP) is 2.73. The van der Waals surface area contributed by atoms with Crippen molar-refractivity contribution in [3.63, 3.8) is 0 Å². The molecule has 0 saturated carbocycles. The summed E-state index contributed by atoms with van der Waals surface area (Å²) in [4.78, 5) is 0.821. The summed E-state index contributed by atoms with van der Waals surface area (Å²) in [5.74, 6) is 0. The molecule has 0 aliphatic carbocycles. The SMILES string of the molecule is Nc1cccc(Cc2ccc(N)c(S)c2)c1. The van der Waals surface area contributed by atoms with Crippen molar-refractivity contribution in [1.82, 2.24) is 0 Å². The molecule has 0 heterocycles. The number of nitrogen functional groups attached to an aromatic ring is 2. The van der Waals surface area contributed by atoms with E-state index in [1.165, 1.54) is 11.1 Å². The van der Waals surface area contributed by atoms with Crippen molar-refractivity contribution in [3.8, 4) is 0 Å². The summed E-state index contributed by atoms with van der Waals surface area (Å²) >= 11 is 4.30. The van der Waals surface area contributed by atoms with Crippen LogP contribution in [0.5, 0.6) is 0 Å². The van der Waals surface area contributed by atoms with E-state index in [0.717, 1.165) is 17.0 Å². The second kappa shape index (κ2) is 4.49. The molecule has 0 fully saturated rings. The van der Waals surface area contributed by atoms with Crippen molar-refractivity contribution in [2.75, 3.05) is 11.5 Å². The minimum absolute atomic E-state index is 0.708. The molecule has 0 unspecified atom stereocenters. The molecule has 0 spiro atoms. The van der Waals surface area contributed by atoms with E-state index >= 15 is 0 Å². The second-order valence-electron chi connectivity index (χ2n) is 3.81. The van der Waals surface area contributed by atoms with Gasteiger partial charge in [0.2, 0.25) is 0 Å². The van der Waals surface area contributed by atoms with E-state index in [0.29, 0.717) is 5.69 Å². The third-order valence-corrected chi connectivity index (χ3v) is 2.84. The van der Waals surface area contributed by atoms with Crippen molar-refractivity contribution >= 4 is 24.0 Å². The lowest BCUT2D eigenvalue weighted by Gasteiger charge is -2.05. The highest BCUT2D eigenvalue weighted by atomic mass is 32.1. The van der Waals surface area contributed by atoms with Gasteiger partial charge >= 0.3 is 0 Å². The Morgan fingerprint density at radius 1 is 0.938 bits per heavy atom. The van der Waals surface area contributed by atoms with E-state index in [9.17, 15) is 0 Å². The fourth-order valence-electron chi connectivity index (χ4n) is 1.64. The minimum Gasteiger partial charge on any atom is -0.399 e. The van der Waals surface area contributed by atoms with Crippen LogP contribution in [0, 0.1) is 0 Å². The van der Waals surface area contributed by atoms with Crippen LogP contribution in [-0.4, -0.2) is 0 Å². The minimum atomic E-state index is 0.708. The maximum absolute atomic E-state index is 5.73. The van der Waals surface area contributed by atoms with Gasteiger partial charge in [-0.3, -0.25) is 0 Å². The van der Waals surface area contributed by atoms with Gasteiger partial charge in [0.25, 0.3) is 0 Å². The summed E-state index contributed by atoms with van der Waals surface area (Å²) < 4.78 is 0. The average molecular weight is 230 g/mol. The van der Waals surface area contributed by atoms with Crippen LogP contribution in [-0.2, 0) is 6.42 Å². The third kappa shape index (κ3) is 2.49. The first kappa shape index (κ1) is 10.9. The van der Waals surface area contributed by atoms with Crippen molar-refractivity contribution in [2.24, 2.45) is 0 Å². The molecule has 2 aromatic rings. The lowest BCUT2D eigenvalue weighted by Crippen LogP contribution is -1.93. The van der Waals surface area contributed by atoms with Gasteiger partial charge in [0.1, 0.15) is 0 Å². The molecule has 0 aliphatic heterocycles. The number of thiol groups is 1. The quantitative estimate of drug-likeness (QED) is 0.549. The predicted molar refractivity (Wildman–Crippen MR) is 71.8 cm³/mol. The van der Waals surface area contributed by atoms with Gasteiger partial charge in [-0.25, -0.2) is 0 Å². The molecule has 0 aromatic heterocycles. The van der Waals surface area contributed by atoms with E-state index in [1.54, 1.807) is 0 Å². The lowest BCUT2D eigenvalue weighted by atomic mass is 10.0. The zero-order chi connectivity index (χ0) is 11.5. The Morgan fingerprint density at radius 3 is 2.38 bits per heavy atom. The maximum Gasteiger partial charge on any atom is 0.0449 e. The highest BCUT2D eigenvalue weighted by Gasteiger charge is 1.99. The van der Waals surface area contributed by atoms with Crippen LogP contribution < -0.4 is 11.5 Å². The molecule has 0 atom stereocenters. The fourth-order valence-corrected chi connectivity index (χ4v) is 1.88. The summed E-state index contributed by atoms with van der Waals surface area (Å²) in [6.45, 7) is 0. The Hall–Kier alpha value is -1.61. The van der Waals surface area contributed by atoms with Crippen LogP contribution in [0.4, 0.5) is 11.4 Å². The molecule has 2 rings (SSSR count). The summed E-state index contributed by atoms with van der Waals surface area (Å²) in [6, 6.07) is 13.8. The van der Waals surface area contributed by atoms with Crippen molar-refractivity contribution in [1.29, 1.82) is 0 Å². The van der Waals surface area contributed by atoms with Gasteiger partial charge in [-0.2, -0.15) is 0 Å². The number of benzene rings is 2. The van der Waals surface area contributed by atoms with Crippen LogP contribution in [0.1, 0.15) is 11.1 Å². The summed E-state index contributed by atoms with van der Waals surface area (Å²) in [5, 5.41) is 0. The largest absolute Gasteiger partial charge is 0.399 e. The third-order valence-electron chi connectivity index (χ3n) is 2.45. The van der Waals surface area contributed by atoms with E-state index < -0.39 is 0 Å². The maximum atomic E-state index is 5.73. The highest BCUT2D eigenvalue weighted by molar-refractivity contribution is 7.80. The van der Waals surface area contributed by atoms with Crippen molar-refractivity contribution < 1.29 is 0 Å². The molecule has 4 N–H and O–H groups in total. The number of rotatable bonds is 2. The van der Waals surface area contributed by atoms with Crippen LogP contribution in [0.15, 0.2) is 47.4 Å². The van der Waals surface area contributed by atoms with E-state index in [2.05, 4.69) is 18.7 Å². The Balaban J connectivity index is 2.24. The van der Waals surface area contributed by atoms with Crippen molar-refractivity contribution in [2.45, 2.75) is 11.3 Å². The second-order valence-corrected chi connectivity index (χ2v) is 4.30. The zero-order valence-electron chi connectivity index (χ0n) is 8.85. The first-order valence-electron chi connectivity index (χ1n) is 5.07. The number of nitrogens with two attached hydrogens (primary N) is 2. The first-order valence-corrected chi connectivity index (χ1v) is 5.51. The lowest BCUT2D eigenvalue weighted by molar-refractivity contribution is 1.18. The molecule has 0 radical (unpaired) electrons. The molecule has 0 saturated heterocycles. The fraction of sp³-hybridized carbons (Fsp3) is 0.0769. The van der Waals surface area contributed by atoms with E-state index in [-0.39, 0.29) is 0 Å². The van der Waals surface area contributed by atoms with Gasteiger partial charge in [-0.05, 0) is 41.8 Å². The zero-order valence-corrected chi connectivity index (χ0v) is 9.74. The molecule has 2 aromatic carbocycles. The molecule has 0 amide bonds. The van der Waals surface area contributed by atoms with Gasteiger partial charge in [0.15, 0.2) is 0 Å². The number of anilines is 2. The molecular weight excluding hydrogens is 216 g/mol. The molecule has 0 bridgehead atoms. The average Bonchev–Trinajstić information content (AvgIpc) is 2.24. The van der Waals surface area contributed by atoms with Gasteiger partial charge < -0.3 is 11.5 Å². The van der Waals surface area contributed by atoms with Crippen LogP contribution in [0.3, 0.4) is 0 Å². The first-order chi connectivity index (χ1) is 7.65. The van der Waals surface area contributed by atoms with Gasteiger partial charge in [0, 0.05) is 16.3 Å². The summed E-state index contributed by atoms with van der Waals surface area (Å²) in [7, 11) is 0. The smallest absolute Gasteiger partial charge is 0.0449 e. The normalized spacial score (nSPS) is 10.3. The van der Waals surface area contributed by atoms with Gasteiger partial charge in [0.05, 0.1) is 0 Å². The van der Waals surface area contributed by atoms with E-state index in [1.807, 2.05) is 36.4 Å². The van der Waals surface area contributed by atoms with Gasteiger partial charge in [-0.1, -0.05) is 18.2 Å². The molecule has 82 valence electrons. The Kier molecular flexibility index (Phi) is 3.06. The molecule has 3 heteroatoms. The molecular formula is C13H14N2S. The number of hydrogen-bond acceptors (Lipinski definition) is 3. The van der Waals surface area contributed by atoms with E-state index in [4.69, 9.17) is 11.5 Å². The highest BCUT2D eigenvalue weighted by Crippen LogP contribution is 2.20. The van der Waals surface area contributed by atoms with Crippen LogP contribution >= 0.6 is 12.6 Å². The molecule has 16 heavy (non-hydrogen) atoms. The molecule has 2 nitrogen and oxygen atoms in total. The van der Waals surface area contributed by atoms with Crippen LogP contribution in [0.25, 0.3) is 0 Å². The monoisotopic (exact) mass is 230 g/mol. The molecule has 0 aliphatic rings.